The minimum atomic E-state index is -0.962. The molecule has 0 radical (unpaired) electrons. The van der Waals surface area contributed by atoms with Crippen molar-refractivity contribution >= 4 is 23.6 Å². The number of anilines is 1. The Morgan fingerprint density at radius 3 is 2.22 bits per heavy atom. The van der Waals surface area contributed by atoms with Gasteiger partial charge in [0.05, 0.1) is 5.56 Å². The molecular weight excluding hydrogens is 628 g/mol. The van der Waals surface area contributed by atoms with Crippen molar-refractivity contribution in [3.8, 4) is 11.3 Å². The smallest absolute Gasteiger partial charge is 0.407 e. The number of carboxylic acid groups (broad SMARTS) is 1. The third-order valence-electron chi connectivity index (χ3n) is 11.0. The van der Waals surface area contributed by atoms with Crippen LogP contribution in [0.15, 0.2) is 72.8 Å². The molecule has 1 saturated heterocycles. The zero-order chi connectivity index (χ0) is 35.1. The number of carbonyl (C=O) groups is 3. The number of piperazine rings is 1. The van der Waals surface area contributed by atoms with Crippen LogP contribution in [0.5, 0.6) is 0 Å². The van der Waals surface area contributed by atoms with Gasteiger partial charge in [0.2, 0.25) is 0 Å². The van der Waals surface area contributed by atoms with E-state index in [0.717, 1.165) is 78.5 Å². The molecule has 3 aliphatic heterocycles. The summed E-state index contributed by atoms with van der Waals surface area (Å²) >= 11 is 0. The number of nitrogens with zero attached hydrogens (tertiary/aromatic N) is 6. The van der Waals surface area contributed by atoms with E-state index in [1.807, 2.05) is 72.0 Å². The predicted octanol–water partition coefficient (Wildman–Crippen LogP) is 5.13. The van der Waals surface area contributed by atoms with Gasteiger partial charge in [0.15, 0.2) is 0 Å². The Morgan fingerprint density at radius 1 is 0.800 bits per heavy atom. The van der Waals surface area contributed by atoms with Gasteiger partial charge in [0.25, 0.3) is 11.8 Å². The molecule has 0 aliphatic carbocycles. The Morgan fingerprint density at radius 2 is 1.50 bits per heavy atom. The van der Waals surface area contributed by atoms with Crippen LogP contribution < -0.4 is 4.90 Å². The lowest BCUT2D eigenvalue weighted by molar-refractivity contribution is 0.0536. The molecule has 0 unspecified atom stereocenters. The predicted molar refractivity (Wildman–Crippen MR) is 195 cm³/mol. The van der Waals surface area contributed by atoms with Crippen molar-refractivity contribution in [2.75, 3.05) is 58.3 Å². The van der Waals surface area contributed by atoms with E-state index >= 15 is 4.79 Å². The molecular formula is C40H46N6O4. The number of fused-ring (bicyclic) bond motifs is 2. The van der Waals surface area contributed by atoms with Gasteiger partial charge in [-0.1, -0.05) is 42.5 Å². The molecule has 0 spiro atoms. The van der Waals surface area contributed by atoms with Gasteiger partial charge in [-0.25, -0.2) is 4.79 Å². The number of benzene rings is 3. The van der Waals surface area contributed by atoms with Crippen molar-refractivity contribution in [3.05, 3.63) is 112 Å². The number of aromatic nitrogens is 1. The second-order valence-corrected chi connectivity index (χ2v) is 14.1. The molecule has 4 heterocycles. The van der Waals surface area contributed by atoms with E-state index in [0.29, 0.717) is 30.6 Å². The molecule has 0 saturated carbocycles. The Labute approximate surface area is 294 Å². The van der Waals surface area contributed by atoms with Crippen molar-refractivity contribution in [1.82, 2.24) is 24.2 Å². The van der Waals surface area contributed by atoms with E-state index in [-0.39, 0.29) is 24.4 Å². The highest BCUT2D eigenvalue weighted by Crippen LogP contribution is 2.36. The molecule has 1 fully saturated rings. The monoisotopic (exact) mass is 674 g/mol. The van der Waals surface area contributed by atoms with Gasteiger partial charge < -0.3 is 29.3 Å². The maximum absolute atomic E-state index is 15.1. The van der Waals surface area contributed by atoms with Crippen LogP contribution in [0.4, 0.5) is 10.5 Å². The summed E-state index contributed by atoms with van der Waals surface area (Å²) in [5, 5.41) is 9.83. The first-order chi connectivity index (χ1) is 24.1. The number of carbonyl (C=O) groups excluding carboxylic acids is 2. The van der Waals surface area contributed by atoms with Crippen LogP contribution in [0.1, 0.15) is 48.7 Å². The second-order valence-electron chi connectivity index (χ2n) is 14.1. The molecule has 0 bridgehead atoms. The van der Waals surface area contributed by atoms with Crippen LogP contribution in [0, 0.1) is 6.92 Å². The quantitative estimate of drug-likeness (QED) is 0.305. The average molecular weight is 675 g/mol. The number of rotatable bonds is 6. The summed E-state index contributed by atoms with van der Waals surface area (Å²) in [4.78, 5) is 50.9. The Kier molecular flexibility index (Phi) is 9.24. The van der Waals surface area contributed by atoms with E-state index in [9.17, 15) is 14.7 Å². The van der Waals surface area contributed by atoms with Gasteiger partial charge in [-0.2, -0.15) is 0 Å². The number of likely N-dealkylation sites (N-methyl/N-ethyl adjacent to an activating group) is 1. The van der Waals surface area contributed by atoms with Crippen LogP contribution in [-0.4, -0.2) is 107 Å². The molecule has 10 heteroatoms. The number of hydrogen-bond acceptors (Lipinski definition) is 5. The standard InChI is InChI=1S/C40H46N6O4/c1-27-34(38(47)43(4)32-12-6-5-7-13-32)23-37(42(27)3)35-21-29-14-15-45(40(49)50)24-31(29)22-36(35)39(48)46-25-30-11-9-8-10-28(30)20-33(46)26-44-18-16-41(2)17-19-44/h5-13,21-23,33H,14-20,24-26H2,1-4H3,(H,49,50)/t33-/m0/s1. The summed E-state index contributed by atoms with van der Waals surface area (Å²) in [7, 11) is 5.87. The van der Waals surface area contributed by atoms with Gasteiger partial charge in [0, 0.05) is 101 Å². The van der Waals surface area contributed by atoms with Gasteiger partial charge >= 0.3 is 6.09 Å². The molecule has 4 aromatic rings. The molecule has 1 N–H and O–H groups in total. The SMILES string of the molecule is Cc1c(C(=O)N(C)c2ccccc2)cc(-c2cc3c(cc2C(=O)N2Cc4ccccc4C[C@H]2CN2CCN(C)CC2)CN(C(=O)O)CC3)n1C. The maximum Gasteiger partial charge on any atom is 0.407 e. The molecule has 3 aromatic carbocycles. The van der Waals surface area contributed by atoms with E-state index in [2.05, 4.69) is 41.1 Å². The van der Waals surface area contributed by atoms with Crippen LogP contribution in [0.2, 0.25) is 0 Å². The fraction of sp³-hybridized carbons (Fsp3) is 0.375. The van der Waals surface area contributed by atoms with Crippen molar-refractivity contribution < 1.29 is 19.5 Å². The largest absolute Gasteiger partial charge is 0.465 e. The second kappa shape index (κ2) is 13.8. The summed E-state index contributed by atoms with van der Waals surface area (Å²) in [5.74, 6) is -0.199. The summed E-state index contributed by atoms with van der Waals surface area (Å²) in [6, 6.07) is 23.9. The minimum absolute atomic E-state index is 0.0213. The van der Waals surface area contributed by atoms with Crippen molar-refractivity contribution in [2.24, 2.45) is 7.05 Å². The fourth-order valence-corrected chi connectivity index (χ4v) is 7.76. The van der Waals surface area contributed by atoms with Crippen LogP contribution in [-0.2, 0) is 33.0 Å². The Bertz CT molecular complexity index is 1930. The first kappa shape index (κ1) is 33.6. The highest BCUT2D eigenvalue weighted by atomic mass is 16.4. The minimum Gasteiger partial charge on any atom is -0.465 e. The lowest BCUT2D eigenvalue weighted by atomic mass is 9.89. The molecule has 1 atom stereocenters. The molecule has 1 aromatic heterocycles. The third-order valence-corrected chi connectivity index (χ3v) is 11.0. The molecule has 3 amide bonds. The van der Waals surface area contributed by atoms with Crippen LogP contribution >= 0.6 is 0 Å². The Hall–Kier alpha value is -4.93. The molecule has 3 aliphatic rings. The van der Waals surface area contributed by atoms with E-state index in [4.69, 9.17) is 0 Å². The zero-order valence-corrected chi connectivity index (χ0v) is 29.4. The van der Waals surface area contributed by atoms with Gasteiger partial charge in [-0.3, -0.25) is 14.5 Å². The van der Waals surface area contributed by atoms with E-state index in [1.54, 1.807) is 11.9 Å². The average Bonchev–Trinajstić information content (AvgIpc) is 3.43. The molecule has 7 rings (SSSR count). The van der Waals surface area contributed by atoms with Crippen LogP contribution in [0.3, 0.4) is 0 Å². The molecule has 50 heavy (non-hydrogen) atoms. The van der Waals surface area contributed by atoms with Crippen molar-refractivity contribution in [1.29, 1.82) is 0 Å². The van der Waals surface area contributed by atoms with E-state index in [1.165, 1.54) is 10.5 Å². The van der Waals surface area contributed by atoms with E-state index < -0.39 is 6.09 Å². The van der Waals surface area contributed by atoms with Gasteiger partial charge in [-0.15, -0.1) is 0 Å². The number of hydrogen-bond donors (Lipinski definition) is 1. The number of para-hydroxylation sites is 1. The zero-order valence-electron chi connectivity index (χ0n) is 29.4. The number of amides is 3. The Balaban J connectivity index is 1.31. The topological polar surface area (TPSA) is 92.6 Å². The summed E-state index contributed by atoms with van der Waals surface area (Å²) in [5.41, 5.74) is 8.57. The first-order valence-corrected chi connectivity index (χ1v) is 17.5. The summed E-state index contributed by atoms with van der Waals surface area (Å²) in [6.45, 7) is 7.77. The fourth-order valence-electron chi connectivity index (χ4n) is 7.76. The third kappa shape index (κ3) is 6.41. The first-order valence-electron chi connectivity index (χ1n) is 17.5. The highest BCUT2D eigenvalue weighted by Gasteiger charge is 2.35. The summed E-state index contributed by atoms with van der Waals surface area (Å²) in [6.07, 6.45) is 0.365. The van der Waals surface area contributed by atoms with Crippen LogP contribution in [0.25, 0.3) is 11.3 Å². The van der Waals surface area contributed by atoms with Gasteiger partial charge in [-0.05, 0) is 79.4 Å². The van der Waals surface area contributed by atoms with Crippen molar-refractivity contribution in [3.63, 3.8) is 0 Å². The highest BCUT2D eigenvalue weighted by molar-refractivity contribution is 6.08. The van der Waals surface area contributed by atoms with Crippen molar-refractivity contribution in [2.45, 2.75) is 38.9 Å². The lowest BCUT2D eigenvalue weighted by Crippen LogP contribution is -2.53. The summed E-state index contributed by atoms with van der Waals surface area (Å²) < 4.78 is 2.00. The molecule has 260 valence electrons. The normalized spacial score (nSPS) is 18.0. The van der Waals surface area contributed by atoms with Gasteiger partial charge in [0.1, 0.15) is 0 Å². The maximum atomic E-state index is 15.1. The lowest BCUT2D eigenvalue weighted by Gasteiger charge is -2.42. The molecule has 10 nitrogen and oxygen atoms in total.